The number of methoxy groups -OCH3 is 2. The van der Waals surface area contributed by atoms with Gasteiger partial charge in [0.15, 0.2) is 0 Å². The van der Waals surface area contributed by atoms with E-state index in [-0.39, 0.29) is 31.0 Å². The van der Waals surface area contributed by atoms with Gasteiger partial charge in [0.25, 0.3) is 10.1 Å². The summed E-state index contributed by atoms with van der Waals surface area (Å²) in [7, 11) is -2.69. The average Bonchev–Trinajstić information content (AvgIpc) is 2.34. The minimum atomic E-state index is -4.78. The molecule has 7 nitrogen and oxygen atoms in total. The molecule has 0 bridgehead atoms. The third-order valence-corrected chi connectivity index (χ3v) is 3.04. The van der Waals surface area contributed by atoms with Crippen molar-refractivity contribution in [3.63, 3.8) is 0 Å². The van der Waals surface area contributed by atoms with Crippen LogP contribution in [0.2, 0.25) is 0 Å². The van der Waals surface area contributed by atoms with Gasteiger partial charge in [-0.3, -0.25) is 4.55 Å². The van der Waals surface area contributed by atoms with E-state index in [1.165, 1.54) is 6.07 Å². The molecule has 1 aromatic rings. The Hall–Kier alpha value is -0.930. The van der Waals surface area contributed by atoms with Gasteiger partial charge in [0.1, 0.15) is 4.90 Å². The van der Waals surface area contributed by atoms with Gasteiger partial charge in [0.2, 0.25) is 0 Å². The van der Waals surface area contributed by atoms with Crippen LogP contribution in [0, 0.1) is 0 Å². The minimum absolute atomic E-state index is 0. The summed E-state index contributed by atoms with van der Waals surface area (Å²) >= 11 is 0. The molecule has 0 fully saturated rings. The van der Waals surface area contributed by atoms with Crippen LogP contribution >= 0.6 is 0 Å². The molecule has 0 saturated carbocycles. The Morgan fingerprint density at radius 1 is 1.11 bits per heavy atom. The van der Waals surface area contributed by atoms with Crippen LogP contribution in [0.4, 0.5) is 0 Å². The van der Waals surface area contributed by atoms with Crippen molar-refractivity contribution in [2.45, 2.75) is 4.90 Å². The molecule has 1 aromatic carbocycles. The van der Waals surface area contributed by atoms with E-state index in [0.29, 0.717) is 0 Å². The molecule has 0 aliphatic carbocycles. The third-order valence-electron chi connectivity index (χ3n) is 2.08. The number of rotatable bonds is 3. The number of esters is 2. The van der Waals surface area contributed by atoms with E-state index in [0.717, 1.165) is 26.4 Å². The number of carbonyl (C=O) groups excluding carboxylic acids is 2. The Balaban J connectivity index is 0. The van der Waals surface area contributed by atoms with Crippen LogP contribution in [0.15, 0.2) is 23.1 Å². The Bertz CT molecular complexity index is 565. The number of ether oxygens (including phenoxy) is 2. The summed E-state index contributed by atoms with van der Waals surface area (Å²) < 4.78 is 40.4. The Morgan fingerprint density at radius 3 is 1.74 bits per heavy atom. The molecule has 0 atom stereocenters. The predicted molar refractivity (Wildman–Crippen MR) is 60.0 cm³/mol. The molecule has 0 saturated heterocycles. The minimum Gasteiger partial charge on any atom is -1.00 e. The fourth-order valence-corrected chi connectivity index (χ4v) is 2.21. The average molecular weight is 298 g/mol. The number of hydrogen-bond donors (Lipinski definition) is 1. The van der Waals surface area contributed by atoms with E-state index in [1.807, 2.05) is 0 Å². The fraction of sp³-hybridized carbons (Fsp3) is 0.200. The SMILES string of the molecule is COC(=O)c1cccc(C(=O)OC)c1S(=O)(=O)O.[H-].[Na+]. The maximum Gasteiger partial charge on any atom is 1.00 e. The second-order valence-electron chi connectivity index (χ2n) is 3.14. The fourth-order valence-electron chi connectivity index (χ4n) is 1.36. The predicted octanol–water partition coefficient (Wildman–Crippen LogP) is -2.38. The molecule has 1 rings (SSSR count). The van der Waals surface area contributed by atoms with Gasteiger partial charge >= 0.3 is 41.5 Å². The molecule has 0 spiro atoms. The van der Waals surface area contributed by atoms with E-state index >= 15 is 0 Å². The van der Waals surface area contributed by atoms with Gasteiger partial charge in [0.05, 0.1) is 25.3 Å². The van der Waals surface area contributed by atoms with E-state index in [2.05, 4.69) is 9.47 Å². The van der Waals surface area contributed by atoms with Gasteiger partial charge in [-0.2, -0.15) is 8.42 Å². The van der Waals surface area contributed by atoms with Gasteiger partial charge in [-0.15, -0.1) is 0 Å². The van der Waals surface area contributed by atoms with E-state index in [4.69, 9.17) is 4.55 Å². The van der Waals surface area contributed by atoms with Crippen LogP contribution in [0.1, 0.15) is 22.1 Å². The molecule has 19 heavy (non-hydrogen) atoms. The normalized spacial score (nSPS) is 10.3. The molecular formula is C10H11NaO7S. The number of carbonyl (C=O) groups is 2. The zero-order valence-corrected chi connectivity index (χ0v) is 13.4. The summed E-state index contributed by atoms with van der Waals surface area (Å²) in [4.78, 5) is 22.0. The smallest absolute Gasteiger partial charge is 1.00 e. The van der Waals surface area contributed by atoms with Crippen molar-refractivity contribution in [2.75, 3.05) is 14.2 Å². The molecule has 0 aliphatic rings. The van der Waals surface area contributed by atoms with Crippen LogP contribution in [-0.4, -0.2) is 39.1 Å². The van der Waals surface area contributed by atoms with Crippen molar-refractivity contribution >= 4 is 22.1 Å². The van der Waals surface area contributed by atoms with Gasteiger partial charge in [-0.05, 0) is 12.1 Å². The van der Waals surface area contributed by atoms with Crippen molar-refractivity contribution < 1.29 is 63.0 Å². The molecule has 0 heterocycles. The van der Waals surface area contributed by atoms with Crippen LogP contribution < -0.4 is 29.6 Å². The van der Waals surface area contributed by atoms with Crippen molar-refractivity contribution in [1.29, 1.82) is 0 Å². The van der Waals surface area contributed by atoms with Crippen LogP contribution in [-0.2, 0) is 19.6 Å². The first-order chi connectivity index (χ1) is 8.32. The number of hydrogen-bond acceptors (Lipinski definition) is 6. The molecule has 0 unspecified atom stereocenters. The molecule has 0 radical (unpaired) electrons. The van der Waals surface area contributed by atoms with Crippen LogP contribution in [0.25, 0.3) is 0 Å². The van der Waals surface area contributed by atoms with Gasteiger partial charge in [-0.25, -0.2) is 9.59 Å². The molecule has 0 aliphatic heterocycles. The Kier molecular flexibility index (Phi) is 6.67. The Morgan fingerprint density at radius 2 is 1.47 bits per heavy atom. The standard InChI is InChI=1S/C10H10O7S.Na.H/c1-16-9(11)6-4-3-5-7(10(12)17-2)8(6)18(13,14)15;;/h3-5H,1-2H3,(H,13,14,15);;/q;+1;-1. The maximum absolute atomic E-state index is 11.4. The summed E-state index contributed by atoms with van der Waals surface area (Å²) in [5.74, 6) is -1.98. The summed E-state index contributed by atoms with van der Waals surface area (Å²) in [5, 5.41) is 0. The van der Waals surface area contributed by atoms with E-state index < -0.39 is 38.1 Å². The first kappa shape index (κ1) is 18.1. The molecule has 9 heteroatoms. The zero-order chi connectivity index (χ0) is 13.9. The van der Waals surface area contributed by atoms with E-state index in [1.54, 1.807) is 0 Å². The number of benzene rings is 1. The summed E-state index contributed by atoms with van der Waals surface area (Å²) in [6, 6.07) is 3.50. The summed E-state index contributed by atoms with van der Waals surface area (Å²) in [5.41, 5.74) is -0.884. The molecule has 100 valence electrons. The molecular weight excluding hydrogens is 287 g/mol. The Labute approximate surface area is 133 Å². The summed E-state index contributed by atoms with van der Waals surface area (Å²) in [6.07, 6.45) is 0. The van der Waals surface area contributed by atoms with Gasteiger partial charge in [-0.1, -0.05) is 6.07 Å². The maximum atomic E-state index is 11.4. The van der Waals surface area contributed by atoms with Crippen molar-refractivity contribution in [2.24, 2.45) is 0 Å². The quantitative estimate of drug-likeness (QED) is 0.377. The zero-order valence-electron chi connectivity index (χ0n) is 11.5. The second kappa shape index (κ2) is 7.01. The van der Waals surface area contributed by atoms with Crippen molar-refractivity contribution in [1.82, 2.24) is 0 Å². The molecule has 0 aromatic heterocycles. The van der Waals surface area contributed by atoms with Crippen molar-refractivity contribution in [3.05, 3.63) is 29.3 Å². The monoisotopic (exact) mass is 298 g/mol. The van der Waals surface area contributed by atoms with Crippen molar-refractivity contribution in [3.8, 4) is 0 Å². The van der Waals surface area contributed by atoms with Gasteiger partial charge in [0, 0.05) is 0 Å². The van der Waals surface area contributed by atoms with Crippen LogP contribution in [0.3, 0.4) is 0 Å². The topological polar surface area (TPSA) is 107 Å². The summed E-state index contributed by atoms with van der Waals surface area (Å²) in [6.45, 7) is 0. The second-order valence-corrected chi connectivity index (χ2v) is 4.50. The largest absolute Gasteiger partial charge is 1.00 e. The molecule has 1 N–H and O–H groups in total. The first-order valence-corrected chi connectivity index (χ1v) is 6.04. The first-order valence-electron chi connectivity index (χ1n) is 4.60. The third kappa shape index (κ3) is 4.02. The van der Waals surface area contributed by atoms with Crippen LogP contribution in [0.5, 0.6) is 0 Å². The van der Waals surface area contributed by atoms with Gasteiger partial charge < -0.3 is 10.9 Å². The molecule has 0 amide bonds. The van der Waals surface area contributed by atoms with E-state index in [9.17, 15) is 18.0 Å².